The fourth-order valence-electron chi connectivity index (χ4n) is 4.11. The number of nitrogens with two attached hydrogens (primary N) is 1. The van der Waals surface area contributed by atoms with E-state index in [1.807, 2.05) is 30.5 Å². The minimum Gasteiger partial charge on any atom is -0.395 e. The van der Waals surface area contributed by atoms with Crippen LogP contribution in [0.4, 0.5) is 5.00 Å². The van der Waals surface area contributed by atoms with Gasteiger partial charge in [0, 0.05) is 34.9 Å². The van der Waals surface area contributed by atoms with Gasteiger partial charge in [0.15, 0.2) is 0 Å². The molecule has 1 aliphatic carbocycles. The second kappa shape index (κ2) is 11.2. The summed E-state index contributed by atoms with van der Waals surface area (Å²) in [6.07, 6.45) is 9.44. The SMILES string of the molecule is N=C(Cl)c1c(N=CCCCCN(CCO)C2CCC(N)CC2)sc2ccccc12. The molecule has 0 spiro atoms. The maximum Gasteiger partial charge on any atom is 0.131 e. The maximum absolute atomic E-state index is 9.40. The molecule has 0 bridgehead atoms. The number of aliphatic hydroxyl groups is 1. The van der Waals surface area contributed by atoms with Gasteiger partial charge >= 0.3 is 0 Å². The van der Waals surface area contributed by atoms with Crippen molar-refractivity contribution in [3.63, 3.8) is 0 Å². The average molecular weight is 435 g/mol. The monoisotopic (exact) mass is 434 g/mol. The molecular formula is C22H31ClN4OS. The van der Waals surface area contributed by atoms with Crippen LogP contribution in [-0.2, 0) is 0 Å². The Morgan fingerprint density at radius 1 is 1.24 bits per heavy atom. The van der Waals surface area contributed by atoms with E-state index in [1.54, 1.807) is 11.3 Å². The van der Waals surface area contributed by atoms with Crippen LogP contribution in [0.2, 0.25) is 0 Å². The van der Waals surface area contributed by atoms with Gasteiger partial charge in [-0.2, -0.15) is 0 Å². The Balaban J connectivity index is 1.50. The van der Waals surface area contributed by atoms with Crippen LogP contribution in [0.25, 0.3) is 10.1 Å². The summed E-state index contributed by atoms with van der Waals surface area (Å²) in [6, 6.07) is 8.90. The Kier molecular flexibility index (Phi) is 8.63. The highest BCUT2D eigenvalue weighted by molar-refractivity contribution is 7.23. The number of unbranched alkanes of at least 4 members (excludes halogenated alkanes) is 2. The van der Waals surface area contributed by atoms with E-state index in [0.717, 1.165) is 78.7 Å². The predicted molar refractivity (Wildman–Crippen MR) is 125 cm³/mol. The lowest BCUT2D eigenvalue weighted by atomic mass is 9.90. The molecule has 1 aromatic heterocycles. The Morgan fingerprint density at radius 3 is 2.72 bits per heavy atom. The second-order valence-corrected chi connectivity index (χ2v) is 9.14. The Bertz CT molecular complexity index is 829. The molecule has 29 heavy (non-hydrogen) atoms. The summed E-state index contributed by atoms with van der Waals surface area (Å²) in [7, 11) is 0. The van der Waals surface area contributed by atoms with Crippen LogP contribution >= 0.6 is 22.9 Å². The summed E-state index contributed by atoms with van der Waals surface area (Å²) in [5.41, 5.74) is 6.75. The van der Waals surface area contributed by atoms with E-state index in [1.165, 1.54) is 0 Å². The van der Waals surface area contributed by atoms with Crippen LogP contribution in [0, 0.1) is 5.41 Å². The number of hydrogen-bond donors (Lipinski definition) is 3. The van der Waals surface area contributed by atoms with Crippen molar-refractivity contribution in [1.82, 2.24) is 4.90 Å². The minimum absolute atomic E-state index is 0.0430. The third-order valence-corrected chi connectivity index (χ3v) is 6.95. The molecular weight excluding hydrogens is 404 g/mol. The first-order valence-electron chi connectivity index (χ1n) is 10.5. The van der Waals surface area contributed by atoms with Crippen molar-refractivity contribution in [2.45, 2.75) is 57.0 Å². The van der Waals surface area contributed by atoms with E-state index in [4.69, 9.17) is 22.7 Å². The summed E-state index contributed by atoms with van der Waals surface area (Å²) in [4.78, 5) is 7.05. The summed E-state index contributed by atoms with van der Waals surface area (Å²) >= 11 is 7.60. The molecule has 0 saturated heterocycles. The molecule has 3 rings (SSSR count). The van der Waals surface area contributed by atoms with Gasteiger partial charge in [0.25, 0.3) is 0 Å². The number of aliphatic imine (C=N–C) groups is 1. The lowest BCUT2D eigenvalue weighted by Crippen LogP contribution is -2.42. The molecule has 4 N–H and O–H groups in total. The van der Waals surface area contributed by atoms with Crippen molar-refractivity contribution in [2.24, 2.45) is 10.7 Å². The van der Waals surface area contributed by atoms with Crippen molar-refractivity contribution in [3.8, 4) is 0 Å². The van der Waals surface area contributed by atoms with Crippen LogP contribution in [0.15, 0.2) is 29.3 Å². The third-order valence-electron chi connectivity index (χ3n) is 5.68. The van der Waals surface area contributed by atoms with Gasteiger partial charge in [0.2, 0.25) is 0 Å². The Labute approximate surface area is 182 Å². The van der Waals surface area contributed by atoms with E-state index in [2.05, 4.69) is 9.89 Å². The van der Waals surface area contributed by atoms with Crippen LogP contribution in [0.3, 0.4) is 0 Å². The van der Waals surface area contributed by atoms with E-state index in [9.17, 15) is 5.11 Å². The number of thiophene rings is 1. The van der Waals surface area contributed by atoms with Gasteiger partial charge < -0.3 is 10.8 Å². The summed E-state index contributed by atoms with van der Waals surface area (Å²) in [5, 5.41) is 19.1. The zero-order chi connectivity index (χ0) is 20.6. The Morgan fingerprint density at radius 2 is 2.00 bits per heavy atom. The van der Waals surface area contributed by atoms with Crippen molar-refractivity contribution >= 4 is 49.4 Å². The van der Waals surface area contributed by atoms with Gasteiger partial charge in [0.1, 0.15) is 10.2 Å². The van der Waals surface area contributed by atoms with E-state index >= 15 is 0 Å². The van der Waals surface area contributed by atoms with E-state index in [0.29, 0.717) is 12.1 Å². The fourth-order valence-corrected chi connectivity index (χ4v) is 5.43. The molecule has 0 atom stereocenters. The quantitative estimate of drug-likeness (QED) is 0.367. The van der Waals surface area contributed by atoms with Crippen molar-refractivity contribution in [1.29, 1.82) is 5.41 Å². The van der Waals surface area contributed by atoms with Gasteiger partial charge in [-0.1, -0.05) is 29.8 Å². The van der Waals surface area contributed by atoms with Crippen LogP contribution in [-0.4, -0.2) is 53.2 Å². The Hall–Kier alpha value is -1.31. The first-order valence-corrected chi connectivity index (χ1v) is 11.7. The lowest BCUT2D eigenvalue weighted by molar-refractivity contribution is 0.118. The highest BCUT2D eigenvalue weighted by atomic mass is 35.5. The molecule has 1 fully saturated rings. The number of aliphatic hydroxyl groups excluding tert-OH is 1. The zero-order valence-electron chi connectivity index (χ0n) is 16.8. The van der Waals surface area contributed by atoms with Gasteiger partial charge in [-0.15, -0.1) is 11.3 Å². The van der Waals surface area contributed by atoms with Crippen molar-refractivity contribution < 1.29 is 5.11 Å². The topological polar surface area (TPSA) is 85.7 Å². The number of fused-ring (bicyclic) bond motifs is 1. The van der Waals surface area contributed by atoms with Crippen LogP contribution < -0.4 is 5.73 Å². The molecule has 0 aliphatic heterocycles. The van der Waals surface area contributed by atoms with Gasteiger partial charge in [-0.3, -0.25) is 10.3 Å². The van der Waals surface area contributed by atoms with Crippen LogP contribution in [0.5, 0.6) is 0 Å². The molecule has 2 aromatic rings. The normalized spacial score (nSPS) is 20.1. The number of nitrogens with zero attached hydrogens (tertiary/aromatic N) is 2. The molecule has 1 heterocycles. The smallest absolute Gasteiger partial charge is 0.131 e. The zero-order valence-corrected chi connectivity index (χ0v) is 18.4. The molecule has 0 amide bonds. The van der Waals surface area contributed by atoms with Crippen LogP contribution in [0.1, 0.15) is 50.5 Å². The number of benzene rings is 1. The minimum atomic E-state index is 0.0430. The van der Waals surface area contributed by atoms with Gasteiger partial charge in [0.05, 0.1) is 12.2 Å². The molecule has 7 heteroatoms. The maximum atomic E-state index is 9.40. The standard InChI is InChI=1S/C22H31ClN4OS/c23-21(25)20-18-6-2-3-7-19(18)29-22(20)26-12-4-1-5-13-27(14-15-28)17-10-8-16(24)9-11-17/h2-3,6-7,12,16-17,25,28H,1,4-5,8-11,13-15,24H2. The molecule has 1 aliphatic rings. The molecule has 1 aromatic carbocycles. The summed E-state index contributed by atoms with van der Waals surface area (Å²) in [5.74, 6) is 0. The third kappa shape index (κ3) is 6.09. The fraction of sp³-hybridized carbons (Fsp3) is 0.545. The average Bonchev–Trinajstić information content (AvgIpc) is 3.09. The number of nitrogens with one attached hydrogen (secondary N) is 1. The highest BCUT2D eigenvalue weighted by Crippen LogP contribution is 2.38. The molecule has 1 saturated carbocycles. The first kappa shape index (κ1) is 22.4. The van der Waals surface area contributed by atoms with Gasteiger partial charge in [-0.25, -0.2) is 4.99 Å². The summed E-state index contributed by atoms with van der Waals surface area (Å²) < 4.78 is 1.10. The van der Waals surface area contributed by atoms with Gasteiger partial charge in [-0.05, 0) is 57.6 Å². The number of halogens is 1. The number of rotatable bonds is 10. The molecule has 0 unspecified atom stereocenters. The highest BCUT2D eigenvalue weighted by Gasteiger charge is 2.23. The van der Waals surface area contributed by atoms with E-state index < -0.39 is 0 Å². The lowest BCUT2D eigenvalue weighted by Gasteiger charge is -2.35. The first-order chi connectivity index (χ1) is 14.1. The molecule has 0 radical (unpaired) electrons. The summed E-state index contributed by atoms with van der Waals surface area (Å²) in [6.45, 7) is 1.97. The van der Waals surface area contributed by atoms with Crippen molar-refractivity contribution in [2.75, 3.05) is 19.7 Å². The molecule has 5 nitrogen and oxygen atoms in total. The molecule has 158 valence electrons. The largest absolute Gasteiger partial charge is 0.395 e. The number of hydrogen-bond acceptors (Lipinski definition) is 6. The van der Waals surface area contributed by atoms with Crippen molar-refractivity contribution in [3.05, 3.63) is 29.8 Å². The second-order valence-electron chi connectivity index (χ2n) is 7.73. The predicted octanol–water partition coefficient (Wildman–Crippen LogP) is 4.90. The van der Waals surface area contributed by atoms with E-state index in [-0.39, 0.29) is 11.8 Å².